The van der Waals surface area contributed by atoms with Crippen LogP contribution in [0.25, 0.3) is 0 Å². The SMILES string of the molecule is COCCN1CCCN(CC(=O)N2CCCC(NC(C)=O)C2)CC1=O. The van der Waals surface area contributed by atoms with E-state index in [1.165, 1.54) is 6.92 Å². The molecule has 2 rings (SSSR count). The highest BCUT2D eigenvalue weighted by Gasteiger charge is 2.27. The summed E-state index contributed by atoms with van der Waals surface area (Å²) in [5.74, 6) is 0.0267. The maximum absolute atomic E-state index is 12.6. The summed E-state index contributed by atoms with van der Waals surface area (Å²) in [7, 11) is 1.63. The van der Waals surface area contributed by atoms with Crippen molar-refractivity contribution >= 4 is 17.7 Å². The number of hydrogen-bond acceptors (Lipinski definition) is 5. The van der Waals surface area contributed by atoms with Gasteiger partial charge in [-0.2, -0.15) is 0 Å². The summed E-state index contributed by atoms with van der Waals surface area (Å²) in [4.78, 5) is 41.7. The predicted molar refractivity (Wildman–Crippen MR) is 92.9 cm³/mol. The fourth-order valence-electron chi connectivity index (χ4n) is 3.45. The first-order valence-electron chi connectivity index (χ1n) is 9.03. The van der Waals surface area contributed by atoms with Crippen LogP contribution in [0.4, 0.5) is 0 Å². The van der Waals surface area contributed by atoms with Gasteiger partial charge in [-0.05, 0) is 19.3 Å². The minimum absolute atomic E-state index is 0.0329. The van der Waals surface area contributed by atoms with Gasteiger partial charge in [0.25, 0.3) is 0 Å². The first kappa shape index (κ1) is 19.7. The van der Waals surface area contributed by atoms with Gasteiger partial charge in [0.1, 0.15) is 0 Å². The average Bonchev–Trinajstić information content (AvgIpc) is 2.73. The molecule has 0 bridgehead atoms. The van der Waals surface area contributed by atoms with Crippen LogP contribution in [0.2, 0.25) is 0 Å². The van der Waals surface area contributed by atoms with Gasteiger partial charge in [-0.15, -0.1) is 0 Å². The molecule has 0 aromatic rings. The minimum atomic E-state index is -0.0615. The quantitative estimate of drug-likeness (QED) is 0.682. The first-order chi connectivity index (χ1) is 12.0. The van der Waals surface area contributed by atoms with Gasteiger partial charge >= 0.3 is 0 Å². The van der Waals surface area contributed by atoms with Gasteiger partial charge < -0.3 is 19.9 Å². The fraction of sp³-hybridized carbons (Fsp3) is 0.824. The summed E-state index contributed by atoms with van der Waals surface area (Å²) in [6.07, 6.45) is 2.65. The zero-order chi connectivity index (χ0) is 18.2. The second-order valence-electron chi connectivity index (χ2n) is 6.82. The van der Waals surface area contributed by atoms with E-state index in [1.54, 1.807) is 7.11 Å². The monoisotopic (exact) mass is 354 g/mol. The number of hydrogen-bond donors (Lipinski definition) is 1. The third kappa shape index (κ3) is 6.28. The summed E-state index contributed by atoms with van der Waals surface area (Å²) in [6, 6.07) is 0.0329. The lowest BCUT2D eigenvalue weighted by molar-refractivity contribution is -0.136. The van der Waals surface area contributed by atoms with E-state index in [0.29, 0.717) is 26.2 Å². The molecule has 0 aromatic heterocycles. The van der Waals surface area contributed by atoms with E-state index >= 15 is 0 Å². The Balaban J connectivity index is 1.83. The largest absolute Gasteiger partial charge is 0.383 e. The molecule has 1 atom stereocenters. The molecular formula is C17H30N4O4. The Kier molecular flexibility index (Phi) is 7.64. The molecule has 8 heteroatoms. The van der Waals surface area contributed by atoms with Crippen molar-refractivity contribution in [2.24, 2.45) is 0 Å². The van der Waals surface area contributed by atoms with Gasteiger partial charge in [0.2, 0.25) is 17.7 Å². The summed E-state index contributed by atoms with van der Waals surface area (Å²) < 4.78 is 5.04. The number of ether oxygens (including phenoxy) is 1. The van der Waals surface area contributed by atoms with E-state index in [4.69, 9.17) is 4.74 Å². The number of carbonyl (C=O) groups is 3. The van der Waals surface area contributed by atoms with Gasteiger partial charge in [-0.3, -0.25) is 19.3 Å². The highest BCUT2D eigenvalue weighted by Crippen LogP contribution is 2.12. The van der Waals surface area contributed by atoms with Crippen molar-refractivity contribution in [2.75, 3.05) is 59.5 Å². The first-order valence-corrected chi connectivity index (χ1v) is 9.03. The van der Waals surface area contributed by atoms with E-state index in [9.17, 15) is 14.4 Å². The molecule has 0 saturated carbocycles. The van der Waals surface area contributed by atoms with Crippen LogP contribution < -0.4 is 5.32 Å². The summed E-state index contributed by atoms with van der Waals surface area (Å²) in [5, 5.41) is 2.89. The summed E-state index contributed by atoms with van der Waals surface area (Å²) in [6.45, 7) is 5.89. The van der Waals surface area contributed by atoms with Gasteiger partial charge in [0, 0.05) is 52.8 Å². The average molecular weight is 354 g/mol. The molecule has 0 radical (unpaired) electrons. The topological polar surface area (TPSA) is 82.2 Å². The van der Waals surface area contributed by atoms with E-state index < -0.39 is 0 Å². The van der Waals surface area contributed by atoms with Gasteiger partial charge in [0.05, 0.1) is 19.7 Å². The van der Waals surface area contributed by atoms with E-state index in [0.717, 1.165) is 32.4 Å². The molecule has 0 spiro atoms. The molecule has 8 nitrogen and oxygen atoms in total. The van der Waals surface area contributed by atoms with Crippen molar-refractivity contribution in [3.05, 3.63) is 0 Å². The predicted octanol–water partition coefficient (Wildman–Crippen LogP) is -0.706. The minimum Gasteiger partial charge on any atom is -0.383 e. The van der Waals surface area contributed by atoms with Gasteiger partial charge in [-0.25, -0.2) is 0 Å². The highest BCUT2D eigenvalue weighted by atomic mass is 16.5. The Bertz CT molecular complexity index is 485. The molecule has 1 unspecified atom stereocenters. The fourth-order valence-corrected chi connectivity index (χ4v) is 3.45. The molecule has 0 aromatic carbocycles. The number of amides is 3. The standard InChI is InChI=1S/C17H30N4O4/c1-14(22)18-15-5-3-7-21(11-15)17(24)13-19-6-4-8-20(9-10-25-2)16(23)12-19/h15H,3-13H2,1-2H3,(H,18,22). The molecule has 3 amide bonds. The molecular weight excluding hydrogens is 324 g/mol. The van der Waals surface area contributed by atoms with Crippen LogP contribution in [0.5, 0.6) is 0 Å². The normalized spacial score (nSPS) is 22.6. The molecule has 1 N–H and O–H groups in total. The van der Waals surface area contributed by atoms with Gasteiger partial charge in [0.15, 0.2) is 0 Å². The van der Waals surface area contributed by atoms with Crippen LogP contribution in [0.1, 0.15) is 26.2 Å². The molecule has 2 aliphatic heterocycles. The van der Waals surface area contributed by atoms with Crippen LogP contribution in [0, 0.1) is 0 Å². The van der Waals surface area contributed by atoms with Crippen LogP contribution in [-0.4, -0.2) is 98.0 Å². The number of methoxy groups -OCH3 is 1. The lowest BCUT2D eigenvalue weighted by Gasteiger charge is -2.34. The van der Waals surface area contributed by atoms with Crippen molar-refractivity contribution in [1.82, 2.24) is 20.0 Å². The number of piperidine rings is 1. The van der Waals surface area contributed by atoms with Crippen LogP contribution in [-0.2, 0) is 19.1 Å². The number of nitrogens with zero attached hydrogens (tertiary/aromatic N) is 3. The maximum atomic E-state index is 12.6. The molecule has 142 valence electrons. The highest BCUT2D eigenvalue weighted by molar-refractivity contribution is 5.81. The zero-order valence-corrected chi connectivity index (χ0v) is 15.3. The molecule has 2 saturated heterocycles. The van der Waals surface area contributed by atoms with Crippen molar-refractivity contribution in [2.45, 2.75) is 32.2 Å². The lowest BCUT2D eigenvalue weighted by atomic mass is 10.1. The summed E-state index contributed by atoms with van der Waals surface area (Å²) in [5.41, 5.74) is 0. The zero-order valence-electron chi connectivity index (χ0n) is 15.3. The maximum Gasteiger partial charge on any atom is 0.236 e. The third-order valence-electron chi connectivity index (χ3n) is 4.72. The van der Waals surface area contributed by atoms with Crippen LogP contribution in [0.15, 0.2) is 0 Å². The van der Waals surface area contributed by atoms with Crippen LogP contribution >= 0.6 is 0 Å². The van der Waals surface area contributed by atoms with E-state index in [1.807, 2.05) is 14.7 Å². The van der Waals surface area contributed by atoms with Crippen molar-refractivity contribution in [3.8, 4) is 0 Å². The molecule has 2 heterocycles. The number of rotatable bonds is 6. The number of likely N-dealkylation sites (tertiary alicyclic amines) is 1. The lowest BCUT2D eigenvalue weighted by Crippen LogP contribution is -2.51. The molecule has 0 aliphatic carbocycles. The van der Waals surface area contributed by atoms with Crippen molar-refractivity contribution in [3.63, 3.8) is 0 Å². The smallest absolute Gasteiger partial charge is 0.236 e. The van der Waals surface area contributed by atoms with Crippen molar-refractivity contribution < 1.29 is 19.1 Å². The number of carbonyl (C=O) groups excluding carboxylic acids is 3. The third-order valence-corrected chi connectivity index (χ3v) is 4.72. The van der Waals surface area contributed by atoms with E-state index in [2.05, 4.69) is 5.32 Å². The Morgan fingerprint density at radius 1 is 1.24 bits per heavy atom. The Morgan fingerprint density at radius 3 is 2.76 bits per heavy atom. The second-order valence-corrected chi connectivity index (χ2v) is 6.82. The molecule has 25 heavy (non-hydrogen) atoms. The second kappa shape index (κ2) is 9.72. The van der Waals surface area contributed by atoms with Gasteiger partial charge in [-0.1, -0.05) is 0 Å². The van der Waals surface area contributed by atoms with E-state index in [-0.39, 0.29) is 36.9 Å². The molecule has 2 aliphatic rings. The Labute approximate surface area is 149 Å². The number of nitrogens with one attached hydrogen (secondary N) is 1. The molecule has 2 fully saturated rings. The Morgan fingerprint density at radius 2 is 2.04 bits per heavy atom. The van der Waals surface area contributed by atoms with Crippen LogP contribution in [0.3, 0.4) is 0 Å². The summed E-state index contributed by atoms with van der Waals surface area (Å²) >= 11 is 0. The van der Waals surface area contributed by atoms with Crippen molar-refractivity contribution in [1.29, 1.82) is 0 Å². The Hall–Kier alpha value is -1.67.